The summed E-state index contributed by atoms with van der Waals surface area (Å²) in [5.41, 5.74) is 2.26. The first-order valence-corrected chi connectivity index (χ1v) is 7.52. The van der Waals surface area contributed by atoms with Gasteiger partial charge in [0.15, 0.2) is 6.29 Å². The SMILES string of the molecule is COC(=O)CCc1ccc(OCc2cccc(Cl)c2)c(C=O)c1. The van der Waals surface area contributed by atoms with E-state index in [2.05, 4.69) is 4.74 Å². The molecule has 0 aliphatic carbocycles. The number of benzene rings is 2. The van der Waals surface area contributed by atoms with Crippen LogP contribution in [0.1, 0.15) is 27.9 Å². The maximum Gasteiger partial charge on any atom is 0.305 e. The number of ether oxygens (including phenoxy) is 2. The fourth-order valence-electron chi connectivity index (χ4n) is 2.11. The van der Waals surface area contributed by atoms with Crippen LogP contribution in [0.15, 0.2) is 42.5 Å². The zero-order chi connectivity index (χ0) is 16.7. The summed E-state index contributed by atoms with van der Waals surface area (Å²) in [6.07, 6.45) is 1.54. The Morgan fingerprint density at radius 3 is 2.70 bits per heavy atom. The van der Waals surface area contributed by atoms with Crippen LogP contribution in [0.25, 0.3) is 0 Å². The van der Waals surface area contributed by atoms with Crippen molar-refractivity contribution in [2.75, 3.05) is 7.11 Å². The third-order valence-electron chi connectivity index (χ3n) is 3.33. The predicted molar refractivity (Wildman–Crippen MR) is 88.0 cm³/mol. The highest BCUT2D eigenvalue weighted by atomic mass is 35.5. The molecule has 0 aliphatic heterocycles. The van der Waals surface area contributed by atoms with E-state index in [1.807, 2.05) is 24.3 Å². The maximum absolute atomic E-state index is 11.2. The second-order valence-corrected chi connectivity index (χ2v) is 5.42. The molecule has 0 bridgehead atoms. The van der Waals surface area contributed by atoms with Crippen LogP contribution in [0.4, 0.5) is 0 Å². The lowest BCUT2D eigenvalue weighted by Crippen LogP contribution is -2.03. The minimum absolute atomic E-state index is 0.275. The fraction of sp³-hybridized carbons (Fsp3) is 0.222. The van der Waals surface area contributed by atoms with Gasteiger partial charge < -0.3 is 9.47 Å². The van der Waals surface area contributed by atoms with E-state index >= 15 is 0 Å². The zero-order valence-electron chi connectivity index (χ0n) is 12.8. The Bertz CT molecular complexity index is 697. The lowest BCUT2D eigenvalue weighted by molar-refractivity contribution is -0.140. The molecule has 2 aromatic carbocycles. The molecule has 0 radical (unpaired) electrons. The van der Waals surface area contributed by atoms with Gasteiger partial charge in [-0.2, -0.15) is 0 Å². The number of carbonyl (C=O) groups excluding carboxylic acids is 2. The van der Waals surface area contributed by atoms with Crippen molar-refractivity contribution >= 4 is 23.9 Å². The first-order valence-electron chi connectivity index (χ1n) is 7.14. The summed E-state index contributed by atoms with van der Waals surface area (Å²) in [4.78, 5) is 22.4. The lowest BCUT2D eigenvalue weighted by atomic mass is 10.1. The number of rotatable bonds is 7. The van der Waals surface area contributed by atoms with E-state index in [1.54, 1.807) is 18.2 Å². The highest BCUT2D eigenvalue weighted by Crippen LogP contribution is 2.21. The molecule has 0 fully saturated rings. The van der Waals surface area contributed by atoms with Gasteiger partial charge in [0.2, 0.25) is 0 Å². The number of hydrogen-bond donors (Lipinski definition) is 0. The van der Waals surface area contributed by atoms with Gasteiger partial charge in [-0.15, -0.1) is 0 Å². The summed E-state index contributed by atoms with van der Waals surface area (Å²) in [7, 11) is 1.35. The van der Waals surface area contributed by atoms with Crippen molar-refractivity contribution in [3.8, 4) is 5.75 Å². The average Bonchev–Trinajstić information content (AvgIpc) is 2.58. The molecule has 0 N–H and O–H groups in total. The van der Waals surface area contributed by atoms with E-state index in [0.29, 0.717) is 29.4 Å². The smallest absolute Gasteiger partial charge is 0.305 e. The van der Waals surface area contributed by atoms with E-state index in [1.165, 1.54) is 7.11 Å². The number of hydrogen-bond acceptors (Lipinski definition) is 4. The zero-order valence-corrected chi connectivity index (χ0v) is 13.5. The minimum atomic E-state index is -0.279. The first kappa shape index (κ1) is 17.0. The van der Waals surface area contributed by atoms with Gasteiger partial charge in [0, 0.05) is 11.4 Å². The summed E-state index contributed by atoms with van der Waals surface area (Å²) >= 11 is 5.93. The lowest BCUT2D eigenvalue weighted by Gasteiger charge is -2.10. The number of halogens is 1. The molecule has 0 aliphatic rings. The summed E-state index contributed by atoms with van der Waals surface area (Å²) in [6, 6.07) is 12.6. The second kappa shape index (κ2) is 8.34. The third kappa shape index (κ3) is 5.11. The first-order chi connectivity index (χ1) is 11.1. The Hall–Kier alpha value is -2.33. The van der Waals surface area contributed by atoms with Crippen LogP contribution in [0.5, 0.6) is 5.75 Å². The van der Waals surface area contributed by atoms with Gasteiger partial charge in [-0.3, -0.25) is 9.59 Å². The largest absolute Gasteiger partial charge is 0.488 e. The molecule has 5 heteroatoms. The third-order valence-corrected chi connectivity index (χ3v) is 3.57. The van der Waals surface area contributed by atoms with Gasteiger partial charge >= 0.3 is 5.97 Å². The van der Waals surface area contributed by atoms with Crippen LogP contribution in [0.3, 0.4) is 0 Å². The van der Waals surface area contributed by atoms with Gasteiger partial charge in [0.25, 0.3) is 0 Å². The molecule has 4 nitrogen and oxygen atoms in total. The van der Waals surface area contributed by atoms with Crippen molar-refractivity contribution in [1.82, 2.24) is 0 Å². The molecule has 23 heavy (non-hydrogen) atoms. The van der Waals surface area contributed by atoms with Crippen molar-refractivity contribution in [3.63, 3.8) is 0 Å². The van der Waals surface area contributed by atoms with Gasteiger partial charge in [-0.25, -0.2) is 0 Å². The molecule has 2 aromatic rings. The highest BCUT2D eigenvalue weighted by Gasteiger charge is 2.07. The molecule has 0 unspecified atom stereocenters. The molecule has 120 valence electrons. The van der Waals surface area contributed by atoms with Crippen LogP contribution >= 0.6 is 11.6 Å². The molecule has 0 spiro atoms. The number of aryl methyl sites for hydroxylation is 1. The second-order valence-electron chi connectivity index (χ2n) is 4.98. The molecule has 0 saturated carbocycles. The Morgan fingerprint density at radius 2 is 2.00 bits per heavy atom. The molecule has 2 rings (SSSR count). The normalized spacial score (nSPS) is 10.2. The molecule has 0 aromatic heterocycles. The number of aldehydes is 1. The monoisotopic (exact) mass is 332 g/mol. The Kier molecular flexibility index (Phi) is 6.18. The Balaban J connectivity index is 2.04. The van der Waals surface area contributed by atoms with Gasteiger partial charge in [0.1, 0.15) is 12.4 Å². The Labute approximate surface area is 140 Å². The molecule has 0 amide bonds. The van der Waals surface area contributed by atoms with Crippen LogP contribution in [-0.4, -0.2) is 19.4 Å². The summed E-state index contributed by atoms with van der Waals surface area (Å²) < 4.78 is 10.3. The average molecular weight is 333 g/mol. The van der Waals surface area contributed by atoms with Gasteiger partial charge in [0.05, 0.1) is 12.7 Å². The van der Waals surface area contributed by atoms with Crippen molar-refractivity contribution in [2.24, 2.45) is 0 Å². The topological polar surface area (TPSA) is 52.6 Å². The van der Waals surface area contributed by atoms with Crippen LogP contribution in [0.2, 0.25) is 5.02 Å². The molecule has 0 atom stereocenters. The highest BCUT2D eigenvalue weighted by molar-refractivity contribution is 6.30. The molecular formula is C18H17ClO4. The standard InChI is InChI=1S/C18H17ClO4/c1-22-18(21)8-6-13-5-7-17(15(9-13)11-20)23-12-14-3-2-4-16(19)10-14/h2-5,7,9-11H,6,8,12H2,1H3. The summed E-state index contributed by atoms with van der Waals surface area (Å²) in [5.74, 6) is 0.223. The predicted octanol–water partition coefficient (Wildman–Crippen LogP) is 3.84. The maximum atomic E-state index is 11.2. The number of carbonyl (C=O) groups is 2. The van der Waals surface area contributed by atoms with Gasteiger partial charge in [-0.05, 0) is 41.8 Å². The van der Waals surface area contributed by atoms with Crippen molar-refractivity contribution in [2.45, 2.75) is 19.4 Å². The fourth-order valence-corrected chi connectivity index (χ4v) is 2.33. The number of methoxy groups -OCH3 is 1. The molecule has 0 saturated heterocycles. The quantitative estimate of drug-likeness (QED) is 0.571. The number of esters is 1. The van der Waals surface area contributed by atoms with E-state index < -0.39 is 0 Å². The summed E-state index contributed by atoms with van der Waals surface area (Å²) in [6.45, 7) is 0.322. The van der Waals surface area contributed by atoms with Gasteiger partial charge in [-0.1, -0.05) is 29.8 Å². The van der Waals surface area contributed by atoms with Crippen molar-refractivity contribution in [3.05, 3.63) is 64.2 Å². The van der Waals surface area contributed by atoms with Crippen LogP contribution < -0.4 is 4.74 Å². The van der Waals surface area contributed by atoms with Crippen molar-refractivity contribution in [1.29, 1.82) is 0 Å². The molecule has 0 heterocycles. The van der Waals surface area contributed by atoms with E-state index in [9.17, 15) is 9.59 Å². The Morgan fingerprint density at radius 1 is 1.17 bits per heavy atom. The van der Waals surface area contributed by atoms with E-state index in [4.69, 9.17) is 16.3 Å². The van der Waals surface area contributed by atoms with Crippen LogP contribution in [0, 0.1) is 0 Å². The molecular weight excluding hydrogens is 316 g/mol. The van der Waals surface area contributed by atoms with E-state index in [0.717, 1.165) is 17.4 Å². The summed E-state index contributed by atoms with van der Waals surface area (Å²) in [5, 5.41) is 0.639. The minimum Gasteiger partial charge on any atom is -0.488 e. The van der Waals surface area contributed by atoms with E-state index in [-0.39, 0.29) is 12.4 Å². The van der Waals surface area contributed by atoms with Crippen LogP contribution in [-0.2, 0) is 22.6 Å². The van der Waals surface area contributed by atoms with Crippen molar-refractivity contribution < 1.29 is 19.1 Å².